The molecule has 4 heterocycles. The van der Waals surface area contributed by atoms with Gasteiger partial charge in [0.15, 0.2) is 17.3 Å². The highest BCUT2D eigenvalue weighted by molar-refractivity contribution is 5.84. The number of fused-ring (bicyclic) bond motifs is 2. The van der Waals surface area contributed by atoms with Crippen LogP contribution in [0.3, 0.4) is 0 Å². The molecule has 2 aliphatic rings. The maximum absolute atomic E-state index is 13.3. The van der Waals surface area contributed by atoms with Crippen molar-refractivity contribution in [3.8, 4) is 23.0 Å². The van der Waals surface area contributed by atoms with E-state index in [9.17, 15) is 19.5 Å². The van der Waals surface area contributed by atoms with E-state index in [0.717, 1.165) is 24.5 Å². The summed E-state index contributed by atoms with van der Waals surface area (Å²) in [6, 6.07) is 14.1. The van der Waals surface area contributed by atoms with Crippen molar-refractivity contribution in [2.45, 2.75) is 18.9 Å². The molecule has 1 atom stereocenters. The van der Waals surface area contributed by atoms with Crippen molar-refractivity contribution in [1.29, 1.82) is 0 Å². The molecule has 0 unspecified atom stereocenters. The van der Waals surface area contributed by atoms with Crippen LogP contribution in [0.25, 0.3) is 10.9 Å². The number of nitrogens with zero attached hydrogens (tertiary/aromatic N) is 2. The summed E-state index contributed by atoms with van der Waals surface area (Å²) in [5, 5.41) is 11.5. The van der Waals surface area contributed by atoms with E-state index in [4.69, 9.17) is 23.4 Å². The summed E-state index contributed by atoms with van der Waals surface area (Å²) >= 11 is 0. The number of hydrogen-bond donors (Lipinski definition) is 2. The molecule has 224 valence electrons. The number of benzene rings is 2. The zero-order valence-corrected chi connectivity index (χ0v) is 23.8. The van der Waals surface area contributed by atoms with Crippen LogP contribution in [0.1, 0.15) is 29.4 Å². The third-order valence-electron chi connectivity index (χ3n) is 7.85. The number of aromatic amines is 1. The molecule has 2 aliphatic heterocycles. The van der Waals surface area contributed by atoms with E-state index in [-0.39, 0.29) is 24.5 Å². The summed E-state index contributed by atoms with van der Waals surface area (Å²) < 4.78 is 27.1. The molecule has 6 rings (SSSR count). The number of aromatic nitrogens is 1. The van der Waals surface area contributed by atoms with Crippen molar-refractivity contribution in [1.82, 2.24) is 9.88 Å². The van der Waals surface area contributed by atoms with Gasteiger partial charge in [-0.25, -0.2) is 0 Å². The zero-order valence-electron chi connectivity index (χ0n) is 23.8. The van der Waals surface area contributed by atoms with E-state index >= 15 is 0 Å². The molecule has 0 radical (unpaired) electrons. The van der Waals surface area contributed by atoms with Crippen LogP contribution in [0.5, 0.6) is 23.0 Å². The maximum Gasteiger partial charge on any atom is 0.306 e. The normalized spacial score (nSPS) is 15.4. The number of H-pyrrole nitrogens is 1. The lowest BCUT2D eigenvalue weighted by Crippen LogP contribution is -2.46. The molecule has 0 bridgehead atoms. The largest absolute Gasteiger partial charge is 0.502 e. The Hall–Kier alpha value is -4.97. The second-order valence-corrected chi connectivity index (χ2v) is 10.4. The van der Waals surface area contributed by atoms with Crippen molar-refractivity contribution >= 4 is 22.6 Å². The zero-order chi connectivity index (χ0) is 30.1. The number of hydrogen-bond acceptors (Lipinski definition) is 11. The Labute approximate surface area is 246 Å². The van der Waals surface area contributed by atoms with E-state index in [1.165, 1.54) is 13.2 Å². The topological polar surface area (TPSA) is 144 Å². The second kappa shape index (κ2) is 11.7. The number of esters is 1. The first-order valence-corrected chi connectivity index (χ1v) is 13.8. The van der Waals surface area contributed by atoms with Gasteiger partial charge in [0.25, 0.3) is 5.56 Å². The Morgan fingerprint density at radius 3 is 2.42 bits per heavy atom. The molecule has 2 aromatic heterocycles. The number of ether oxygens (including phenoxy) is 4. The molecular formula is C31H31N3O9. The lowest BCUT2D eigenvalue weighted by Gasteiger charge is -2.36. The molecule has 0 aliphatic carbocycles. The molecule has 2 N–H and O–H groups in total. The van der Waals surface area contributed by atoms with Crippen LogP contribution in [0.4, 0.5) is 5.69 Å². The van der Waals surface area contributed by atoms with Crippen LogP contribution in [0, 0.1) is 0 Å². The number of methoxy groups -OCH3 is 2. The van der Waals surface area contributed by atoms with Gasteiger partial charge in [0.05, 0.1) is 38.6 Å². The van der Waals surface area contributed by atoms with Crippen molar-refractivity contribution in [3.63, 3.8) is 0 Å². The van der Waals surface area contributed by atoms with Crippen LogP contribution in [0.2, 0.25) is 0 Å². The standard InChI is InChI=1S/C31H31N3O9/c1-39-20-5-3-19(4-6-20)34-9-7-33(8-10-34)16-21-13-25(35)29(37)30(43-21)22(14-28(36)40-2)23-11-18-12-26-27(42-17-41-26)15-24(18)32-31(23)38/h3-6,11-13,15,22,37H,7-10,14,16-17H2,1-2H3,(H,32,38)/t22-/m1/s1. The summed E-state index contributed by atoms with van der Waals surface area (Å²) in [4.78, 5) is 45.9. The fourth-order valence-electron chi connectivity index (χ4n) is 5.51. The van der Waals surface area contributed by atoms with Gasteiger partial charge < -0.3 is 38.4 Å². The molecule has 12 nitrogen and oxygen atoms in total. The first-order valence-electron chi connectivity index (χ1n) is 13.8. The fourth-order valence-corrected chi connectivity index (χ4v) is 5.51. The number of nitrogens with one attached hydrogen (secondary N) is 1. The molecule has 0 spiro atoms. The van der Waals surface area contributed by atoms with Gasteiger partial charge in [0, 0.05) is 54.9 Å². The van der Waals surface area contributed by atoms with E-state index in [0.29, 0.717) is 47.8 Å². The fraction of sp³-hybridized carbons (Fsp3) is 0.323. The molecule has 1 fully saturated rings. The molecule has 0 amide bonds. The van der Waals surface area contributed by atoms with Crippen molar-refractivity contribution < 1.29 is 33.3 Å². The lowest BCUT2D eigenvalue weighted by atomic mass is 9.92. The van der Waals surface area contributed by atoms with Gasteiger partial charge in [-0.2, -0.15) is 0 Å². The Kier molecular flexibility index (Phi) is 7.68. The minimum Gasteiger partial charge on any atom is -0.502 e. The van der Waals surface area contributed by atoms with Gasteiger partial charge in [-0.05, 0) is 36.4 Å². The Morgan fingerprint density at radius 1 is 1.00 bits per heavy atom. The first kappa shape index (κ1) is 28.2. The van der Waals surface area contributed by atoms with Crippen molar-refractivity contribution in [2.24, 2.45) is 0 Å². The van der Waals surface area contributed by atoms with Crippen LogP contribution in [0.15, 0.2) is 62.5 Å². The highest BCUT2D eigenvalue weighted by Gasteiger charge is 2.30. The van der Waals surface area contributed by atoms with Crippen LogP contribution < -0.4 is 30.1 Å². The van der Waals surface area contributed by atoms with E-state index < -0.39 is 28.6 Å². The average Bonchev–Trinajstić information content (AvgIpc) is 3.48. The molecule has 43 heavy (non-hydrogen) atoms. The van der Waals surface area contributed by atoms with Crippen LogP contribution in [-0.2, 0) is 16.1 Å². The SMILES string of the molecule is COC(=O)C[C@@H](c1oc(CN2CCN(c3ccc(OC)cc3)CC2)cc(=O)c1O)c1cc2cc3c(cc2[nH]c1=O)OCO3. The summed E-state index contributed by atoms with van der Waals surface area (Å²) in [6.07, 6.45) is -0.337. The molecule has 0 saturated carbocycles. The maximum atomic E-state index is 13.3. The number of anilines is 1. The number of rotatable bonds is 8. The number of piperazine rings is 1. The van der Waals surface area contributed by atoms with Gasteiger partial charge in [-0.15, -0.1) is 0 Å². The predicted molar refractivity (Wildman–Crippen MR) is 156 cm³/mol. The van der Waals surface area contributed by atoms with Crippen molar-refractivity contribution in [3.05, 3.63) is 86.2 Å². The van der Waals surface area contributed by atoms with Gasteiger partial charge in [-0.1, -0.05) is 0 Å². The summed E-state index contributed by atoms with van der Waals surface area (Å²) in [6.45, 7) is 3.31. The molecule has 2 aromatic carbocycles. The third-order valence-corrected chi connectivity index (χ3v) is 7.85. The number of pyridine rings is 1. The van der Waals surface area contributed by atoms with Gasteiger partial charge >= 0.3 is 5.97 Å². The predicted octanol–water partition coefficient (Wildman–Crippen LogP) is 2.94. The average molecular weight is 590 g/mol. The minimum absolute atomic E-state index is 0.0655. The quantitative estimate of drug-likeness (QED) is 0.293. The Balaban J connectivity index is 1.28. The smallest absolute Gasteiger partial charge is 0.306 e. The van der Waals surface area contributed by atoms with E-state index in [2.05, 4.69) is 14.8 Å². The van der Waals surface area contributed by atoms with E-state index in [1.54, 1.807) is 25.3 Å². The summed E-state index contributed by atoms with van der Waals surface area (Å²) in [7, 11) is 2.86. The van der Waals surface area contributed by atoms with Crippen molar-refractivity contribution in [2.75, 3.05) is 52.1 Å². The van der Waals surface area contributed by atoms with Gasteiger partial charge in [0.2, 0.25) is 18.0 Å². The summed E-state index contributed by atoms with van der Waals surface area (Å²) in [5.74, 6) is -0.443. The van der Waals surface area contributed by atoms with E-state index in [1.807, 2.05) is 24.3 Å². The lowest BCUT2D eigenvalue weighted by molar-refractivity contribution is -0.140. The second-order valence-electron chi connectivity index (χ2n) is 10.4. The first-order chi connectivity index (χ1) is 20.8. The monoisotopic (exact) mass is 589 g/mol. The van der Waals surface area contributed by atoms with Gasteiger partial charge in [0.1, 0.15) is 11.5 Å². The third kappa shape index (κ3) is 5.73. The molecule has 1 saturated heterocycles. The Morgan fingerprint density at radius 2 is 1.72 bits per heavy atom. The summed E-state index contributed by atoms with van der Waals surface area (Å²) in [5.41, 5.74) is 0.545. The molecule has 4 aromatic rings. The van der Waals surface area contributed by atoms with Gasteiger partial charge in [-0.3, -0.25) is 19.3 Å². The molecule has 12 heteroatoms. The van der Waals surface area contributed by atoms with Crippen LogP contribution in [-0.4, -0.2) is 68.2 Å². The highest BCUT2D eigenvalue weighted by atomic mass is 16.7. The minimum atomic E-state index is -1.09. The highest BCUT2D eigenvalue weighted by Crippen LogP contribution is 2.37. The number of carbonyl (C=O) groups excluding carboxylic acids is 1. The molecular weight excluding hydrogens is 558 g/mol. The number of carbonyl (C=O) groups is 1. The van der Waals surface area contributed by atoms with Crippen LogP contribution >= 0.6 is 0 Å². The number of aromatic hydroxyl groups is 1. The Bertz CT molecular complexity index is 1770.